The first-order valence-electron chi connectivity index (χ1n) is 7.44. The van der Waals surface area contributed by atoms with Crippen molar-refractivity contribution in [3.8, 4) is 0 Å². The van der Waals surface area contributed by atoms with Crippen LogP contribution in [0.25, 0.3) is 0 Å². The van der Waals surface area contributed by atoms with Gasteiger partial charge in [0.15, 0.2) is 5.78 Å². The average Bonchev–Trinajstić information content (AvgIpc) is 3.17. The Hall–Kier alpha value is -1.07. The van der Waals surface area contributed by atoms with Crippen LogP contribution in [-0.4, -0.2) is 23.0 Å². The van der Waals surface area contributed by atoms with E-state index in [0.29, 0.717) is 22.5 Å². The van der Waals surface area contributed by atoms with E-state index in [2.05, 4.69) is 5.32 Å². The fourth-order valence-electron chi connectivity index (χ4n) is 3.01. The molecule has 0 atom stereocenters. The molecule has 2 saturated carbocycles. The van der Waals surface area contributed by atoms with Crippen molar-refractivity contribution in [1.29, 1.82) is 0 Å². The van der Waals surface area contributed by atoms with Crippen LogP contribution in [-0.2, 0) is 0 Å². The molecule has 3 rings (SSSR count). The number of carbonyl (C=O) groups excluding carboxylic acids is 1. The van der Waals surface area contributed by atoms with Gasteiger partial charge in [0.25, 0.3) is 0 Å². The SMILES string of the molecule is CC(=O)c1sc(NC2CCC(O)CC2)c(C2CC2)c1N. The summed E-state index contributed by atoms with van der Waals surface area (Å²) in [6.45, 7) is 1.58. The van der Waals surface area contributed by atoms with Gasteiger partial charge in [0.1, 0.15) is 0 Å². The molecule has 0 aliphatic heterocycles. The summed E-state index contributed by atoms with van der Waals surface area (Å²) in [6.07, 6.45) is 5.90. The van der Waals surface area contributed by atoms with Crippen molar-refractivity contribution in [3.63, 3.8) is 0 Å². The summed E-state index contributed by atoms with van der Waals surface area (Å²) >= 11 is 1.51. The van der Waals surface area contributed by atoms with Crippen molar-refractivity contribution in [2.45, 2.75) is 63.5 Å². The number of aliphatic hydroxyl groups is 1. The van der Waals surface area contributed by atoms with Gasteiger partial charge >= 0.3 is 0 Å². The molecule has 1 heterocycles. The summed E-state index contributed by atoms with van der Waals surface area (Å²) < 4.78 is 0. The maximum absolute atomic E-state index is 11.7. The Labute approximate surface area is 123 Å². The molecule has 1 aromatic rings. The van der Waals surface area contributed by atoms with E-state index in [1.807, 2.05) is 0 Å². The maximum atomic E-state index is 11.7. The Morgan fingerprint density at radius 2 is 1.90 bits per heavy atom. The number of rotatable bonds is 4. The largest absolute Gasteiger partial charge is 0.397 e. The van der Waals surface area contributed by atoms with Crippen LogP contribution in [0.1, 0.15) is 66.6 Å². The maximum Gasteiger partial charge on any atom is 0.171 e. The molecule has 4 N–H and O–H groups in total. The highest BCUT2D eigenvalue weighted by Crippen LogP contribution is 2.51. The number of anilines is 2. The highest BCUT2D eigenvalue weighted by molar-refractivity contribution is 7.18. The molecule has 1 aromatic heterocycles. The van der Waals surface area contributed by atoms with Crippen LogP contribution in [0.5, 0.6) is 0 Å². The van der Waals surface area contributed by atoms with Crippen LogP contribution in [0.15, 0.2) is 0 Å². The molecule has 20 heavy (non-hydrogen) atoms. The third-order valence-electron chi connectivity index (χ3n) is 4.32. The second-order valence-electron chi connectivity index (χ2n) is 6.07. The molecule has 2 fully saturated rings. The molecule has 0 radical (unpaired) electrons. The predicted octanol–water partition coefficient (Wildman–Crippen LogP) is 3.13. The highest BCUT2D eigenvalue weighted by Gasteiger charge is 2.33. The van der Waals surface area contributed by atoms with Gasteiger partial charge in [0, 0.05) is 18.5 Å². The standard InChI is InChI=1S/C15H22N2O2S/c1-8(18)14-13(16)12(9-2-3-9)15(20-14)17-10-4-6-11(19)7-5-10/h9-11,17,19H,2-7,16H2,1H3. The number of aliphatic hydroxyl groups excluding tert-OH is 1. The molecule has 0 spiro atoms. The van der Waals surface area contributed by atoms with E-state index >= 15 is 0 Å². The molecule has 2 aliphatic rings. The third-order valence-corrected chi connectivity index (χ3v) is 5.57. The minimum Gasteiger partial charge on any atom is -0.397 e. The Kier molecular flexibility index (Phi) is 3.73. The topological polar surface area (TPSA) is 75.3 Å². The Morgan fingerprint density at radius 1 is 1.25 bits per heavy atom. The van der Waals surface area contributed by atoms with E-state index in [1.54, 1.807) is 6.92 Å². The first-order chi connectivity index (χ1) is 9.56. The van der Waals surface area contributed by atoms with Crippen LogP contribution >= 0.6 is 11.3 Å². The van der Waals surface area contributed by atoms with E-state index < -0.39 is 0 Å². The Morgan fingerprint density at radius 3 is 2.45 bits per heavy atom. The van der Waals surface area contributed by atoms with Crippen molar-refractivity contribution in [2.75, 3.05) is 11.1 Å². The number of thiophene rings is 1. The number of nitrogens with two attached hydrogens (primary N) is 1. The van der Waals surface area contributed by atoms with Gasteiger partial charge in [-0.1, -0.05) is 0 Å². The number of hydrogen-bond donors (Lipinski definition) is 3. The van der Waals surface area contributed by atoms with Gasteiger partial charge in [-0.2, -0.15) is 0 Å². The molecule has 0 aromatic carbocycles. The van der Waals surface area contributed by atoms with Crippen molar-refractivity contribution in [3.05, 3.63) is 10.4 Å². The van der Waals surface area contributed by atoms with E-state index in [4.69, 9.17) is 5.73 Å². The molecule has 2 aliphatic carbocycles. The molecule has 0 unspecified atom stereocenters. The van der Waals surface area contributed by atoms with Crippen molar-refractivity contribution < 1.29 is 9.90 Å². The zero-order chi connectivity index (χ0) is 14.3. The fourth-order valence-corrected chi connectivity index (χ4v) is 4.19. The molecule has 0 amide bonds. The number of hydrogen-bond acceptors (Lipinski definition) is 5. The van der Waals surface area contributed by atoms with E-state index in [-0.39, 0.29) is 11.9 Å². The summed E-state index contributed by atoms with van der Waals surface area (Å²) in [5.74, 6) is 0.595. The van der Waals surface area contributed by atoms with Crippen LogP contribution in [0, 0.1) is 0 Å². The molecule has 5 heteroatoms. The lowest BCUT2D eigenvalue weighted by Crippen LogP contribution is -2.28. The second-order valence-corrected chi connectivity index (χ2v) is 7.09. The van der Waals surface area contributed by atoms with Crippen LogP contribution < -0.4 is 11.1 Å². The average molecular weight is 294 g/mol. The zero-order valence-corrected chi connectivity index (χ0v) is 12.6. The lowest BCUT2D eigenvalue weighted by molar-refractivity contribution is 0.102. The monoisotopic (exact) mass is 294 g/mol. The van der Waals surface area contributed by atoms with Gasteiger partial charge in [-0.05, 0) is 44.4 Å². The van der Waals surface area contributed by atoms with E-state index in [0.717, 1.165) is 30.7 Å². The first-order valence-corrected chi connectivity index (χ1v) is 8.25. The summed E-state index contributed by atoms with van der Waals surface area (Å²) in [5.41, 5.74) is 8.05. The number of ketones is 1. The molecule has 0 saturated heterocycles. The summed E-state index contributed by atoms with van der Waals surface area (Å²) in [6, 6.07) is 0.397. The molecule has 0 bridgehead atoms. The van der Waals surface area contributed by atoms with Gasteiger partial charge in [-0.3, -0.25) is 4.79 Å². The fraction of sp³-hybridized carbons (Fsp3) is 0.667. The second kappa shape index (κ2) is 5.37. The highest BCUT2D eigenvalue weighted by atomic mass is 32.1. The Bertz CT molecular complexity index is 514. The number of nitrogen functional groups attached to an aromatic ring is 1. The zero-order valence-electron chi connectivity index (χ0n) is 11.8. The van der Waals surface area contributed by atoms with E-state index in [9.17, 15) is 9.90 Å². The molecule has 110 valence electrons. The molecular formula is C15H22N2O2S. The minimum atomic E-state index is -0.142. The first kappa shape index (κ1) is 13.9. The normalized spacial score (nSPS) is 26.5. The predicted molar refractivity (Wildman–Crippen MR) is 82.6 cm³/mol. The van der Waals surface area contributed by atoms with Gasteiger partial charge in [-0.25, -0.2) is 0 Å². The van der Waals surface area contributed by atoms with E-state index in [1.165, 1.54) is 29.7 Å². The smallest absolute Gasteiger partial charge is 0.171 e. The molecular weight excluding hydrogens is 272 g/mol. The van der Waals surface area contributed by atoms with Crippen LogP contribution in [0.2, 0.25) is 0 Å². The third kappa shape index (κ3) is 2.69. The van der Waals surface area contributed by atoms with Crippen molar-refractivity contribution in [2.24, 2.45) is 0 Å². The lowest BCUT2D eigenvalue weighted by Gasteiger charge is -2.27. The van der Waals surface area contributed by atoms with Crippen LogP contribution in [0.4, 0.5) is 10.7 Å². The minimum absolute atomic E-state index is 0.0570. The van der Waals surface area contributed by atoms with Gasteiger partial charge in [0.05, 0.1) is 21.7 Å². The van der Waals surface area contributed by atoms with Gasteiger partial charge in [-0.15, -0.1) is 11.3 Å². The van der Waals surface area contributed by atoms with Crippen molar-refractivity contribution in [1.82, 2.24) is 0 Å². The molecule has 4 nitrogen and oxygen atoms in total. The number of nitrogens with one attached hydrogen (secondary N) is 1. The Balaban J connectivity index is 1.81. The quantitative estimate of drug-likeness (QED) is 0.746. The summed E-state index contributed by atoms with van der Waals surface area (Å²) in [4.78, 5) is 12.4. The lowest BCUT2D eigenvalue weighted by atomic mass is 9.93. The number of carbonyl (C=O) groups is 1. The summed E-state index contributed by atoms with van der Waals surface area (Å²) in [5, 5.41) is 14.3. The van der Waals surface area contributed by atoms with Gasteiger partial charge < -0.3 is 16.2 Å². The number of Topliss-reactive ketones (excluding diaryl/α,β-unsaturated/α-hetero) is 1. The van der Waals surface area contributed by atoms with Crippen molar-refractivity contribution >= 4 is 27.8 Å². The van der Waals surface area contributed by atoms with Gasteiger partial charge in [0.2, 0.25) is 0 Å². The van der Waals surface area contributed by atoms with Crippen LogP contribution in [0.3, 0.4) is 0 Å². The summed E-state index contributed by atoms with van der Waals surface area (Å²) in [7, 11) is 0.